The Morgan fingerprint density at radius 1 is 1.33 bits per heavy atom. The van der Waals surface area contributed by atoms with Crippen LogP contribution in [0.15, 0.2) is 18.2 Å². The molecule has 0 aliphatic rings. The van der Waals surface area contributed by atoms with Crippen molar-refractivity contribution in [3.8, 4) is 0 Å². The van der Waals surface area contributed by atoms with Crippen molar-refractivity contribution in [1.82, 2.24) is 14.5 Å². The van der Waals surface area contributed by atoms with Gasteiger partial charge < -0.3 is 14.5 Å². The van der Waals surface area contributed by atoms with Gasteiger partial charge in [-0.3, -0.25) is 0 Å². The molecule has 0 saturated heterocycles. The van der Waals surface area contributed by atoms with E-state index in [0.29, 0.717) is 0 Å². The normalized spacial score (nSPS) is 11.6. The molecule has 0 spiro atoms. The zero-order valence-electron chi connectivity index (χ0n) is 10.7. The Morgan fingerprint density at radius 2 is 2.11 bits per heavy atom. The fraction of sp³-hybridized carbons (Fsp3) is 0.462. The third kappa shape index (κ3) is 3.13. The summed E-state index contributed by atoms with van der Waals surface area (Å²) in [4.78, 5) is 5.40. The summed E-state index contributed by atoms with van der Waals surface area (Å²) in [6.45, 7) is 2.07. The second-order valence-corrected chi connectivity index (χ2v) is 5.58. The molecule has 1 heterocycles. The second kappa shape index (κ2) is 5.87. The highest BCUT2D eigenvalue weighted by Crippen LogP contribution is 2.19. The van der Waals surface area contributed by atoms with E-state index in [9.17, 15) is 0 Å². The van der Waals surface area contributed by atoms with Crippen LogP contribution in [-0.4, -0.2) is 35.1 Å². The van der Waals surface area contributed by atoms with E-state index in [2.05, 4.69) is 28.5 Å². The number of H-pyrrole nitrogens is 1. The molecule has 1 aromatic carbocycles. The third-order valence-corrected chi connectivity index (χ3v) is 3.53. The van der Waals surface area contributed by atoms with Gasteiger partial charge >= 0.3 is 0 Å². The molecule has 0 aliphatic heterocycles. The van der Waals surface area contributed by atoms with E-state index in [0.717, 1.165) is 40.3 Å². The SMILES string of the molecule is CN(C)CCCCn1c(=S)[nH]c2cc(Cl)ccc21. The number of nitrogens with zero attached hydrogens (tertiary/aromatic N) is 2. The smallest absolute Gasteiger partial charge is 0.178 e. The number of nitrogens with one attached hydrogen (secondary N) is 1. The van der Waals surface area contributed by atoms with Gasteiger partial charge in [0.25, 0.3) is 0 Å². The quantitative estimate of drug-likeness (QED) is 0.668. The molecule has 0 atom stereocenters. The van der Waals surface area contributed by atoms with Crippen molar-refractivity contribution in [2.45, 2.75) is 19.4 Å². The number of hydrogen-bond donors (Lipinski definition) is 1. The number of halogens is 1. The average molecular weight is 284 g/mol. The lowest BCUT2D eigenvalue weighted by Crippen LogP contribution is -2.13. The molecule has 98 valence electrons. The fourth-order valence-corrected chi connectivity index (χ4v) is 2.53. The molecular weight excluding hydrogens is 266 g/mol. The van der Waals surface area contributed by atoms with E-state index in [-0.39, 0.29) is 0 Å². The predicted octanol–water partition coefficient (Wildman–Crippen LogP) is 3.69. The topological polar surface area (TPSA) is 24.0 Å². The largest absolute Gasteiger partial charge is 0.331 e. The van der Waals surface area contributed by atoms with Gasteiger partial charge in [-0.25, -0.2) is 0 Å². The molecule has 2 aromatic rings. The van der Waals surface area contributed by atoms with Gasteiger partial charge in [0.05, 0.1) is 11.0 Å². The molecule has 0 saturated carbocycles. The van der Waals surface area contributed by atoms with Crippen LogP contribution in [-0.2, 0) is 6.54 Å². The molecule has 3 nitrogen and oxygen atoms in total. The first-order valence-corrected chi connectivity index (χ1v) is 6.89. The van der Waals surface area contributed by atoms with Crippen LogP contribution in [0.3, 0.4) is 0 Å². The molecule has 2 rings (SSSR count). The van der Waals surface area contributed by atoms with Crippen molar-refractivity contribution in [2.24, 2.45) is 0 Å². The second-order valence-electron chi connectivity index (χ2n) is 4.75. The van der Waals surface area contributed by atoms with Crippen molar-refractivity contribution >= 4 is 34.9 Å². The molecule has 0 radical (unpaired) electrons. The Morgan fingerprint density at radius 3 is 2.83 bits per heavy atom. The highest BCUT2D eigenvalue weighted by molar-refractivity contribution is 7.71. The number of unbranched alkanes of at least 4 members (excludes halogenated alkanes) is 1. The lowest BCUT2D eigenvalue weighted by atomic mass is 10.3. The minimum atomic E-state index is 0.735. The summed E-state index contributed by atoms with van der Waals surface area (Å²) < 4.78 is 2.92. The Balaban J connectivity index is 2.13. The van der Waals surface area contributed by atoms with E-state index in [1.165, 1.54) is 6.42 Å². The number of hydrogen-bond acceptors (Lipinski definition) is 2. The predicted molar refractivity (Wildman–Crippen MR) is 79.9 cm³/mol. The number of benzene rings is 1. The van der Waals surface area contributed by atoms with Crippen molar-refractivity contribution in [3.63, 3.8) is 0 Å². The van der Waals surface area contributed by atoms with E-state index in [1.54, 1.807) is 0 Å². The summed E-state index contributed by atoms with van der Waals surface area (Å²) in [5, 5.41) is 0.735. The maximum Gasteiger partial charge on any atom is 0.178 e. The zero-order chi connectivity index (χ0) is 13.1. The van der Waals surface area contributed by atoms with Crippen LogP contribution in [0, 0.1) is 4.77 Å². The van der Waals surface area contributed by atoms with E-state index in [1.807, 2.05) is 18.2 Å². The van der Waals surface area contributed by atoms with Crippen molar-refractivity contribution in [3.05, 3.63) is 28.0 Å². The first kappa shape index (κ1) is 13.6. The average Bonchev–Trinajstić information content (AvgIpc) is 2.59. The lowest BCUT2D eigenvalue weighted by Gasteiger charge is -2.09. The molecule has 18 heavy (non-hydrogen) atoms. The summed E-state index contributed by atoms with van der Waals surface area (Å²) in [5.41, 5.74) is 2.15. The van der Waals surface area contributed by atoms with E-state index >= 15 is 0 Å². The Kier molecular flexibility index (Phi) is 4.43. The van der Waals surface area contributed by atoms with Gasteiger partial charge in [0, 0.05) is 11.6 Å². The number of rotatable bonds is 5. The Hall–Kier alpha value is -0.840. The number of aryl methyl sites for hydroxylation is 1. The number of fused-ring (bicyclic) bond motifs is 1. The maximum absolute atomic E-state index is 5.97. The van der Waals surface area contributed by atoms with E-state index < -0.39 is 0 Å². The molecule has 0 aliphatic carbocycles. The van der Waals surface area contributed by atoms with Crippen molar-refractivity contribution in [1.29, 1.82) is 0 Å². The Bertz CT molecular complexity index is 585. The van der Waals surface area contributed by atoms with Crippen LogP contribution in [0.2, 0.25) is 5.02 Å². The summed E-state index contributed by atoms with van der Waals surface area (Å²) in [6, 6.07) is 5.85. The minimum Gasteiger partial charge on any atom is -0.331 e. The summed E-state index contributed by atoms with van der Waals surface area (Å²) in [5.74, 6) is 0. The van der Waals surface area contributed by atoms with Gasteiger partial charge in [-0.05, 0) is 63.9 Å². The van der Waals surface area contributed by atoms with Crippen molar-refractivity contribution < 1.29 is 0 Å². The monoisotopic (exact) mass is 283 g/mol. The third-order valence-electron chi connectivity index (χ3n) is 2.97. The molecular formula is C13H18ClN3S. The van der Waals surface area contributed by atoms with Crippen LogP contribution in [0.4, 0.5) is 0 Å². The van der Waals surface area contributed by atoms with Crippen LogP contribution in [0.5, 0.6) is 0 Å². The van der Waals surface area contributed by atoms with Crippen molar-refractivity contribution in [2.75, 3.05) is 20.6 Å². The standard InChI is InChI=1S/C13H18ClN3S/c1-16(2)7-3-4-8-17-12-6-5-10(14)9-11(12)15-13(17)18/h5-6,9H,3-4,7-8H2,1-2H3,(H,15,18). The minimum absolute atomic E-state index is 0.735. The van der Waals surface area contributed by atoms with Gasteiger partial charge in [-0.2, -0.15) is 0 Å². The molecule has 5 heteroatoms. The molecule has 0 unspecified atom stereocenters. The van der Waals surface area contributed by atoms with Gasteiger partial charge in [0.1, 0.15) is 0 Å². The van der Waals surface area contributed by atoms with Gasteiger partial charge in [-0.15, -0.1) is 0 Å². The van der Waals surface area contributed by atoms with E-state index in [4.69, 9.17) is 23.8 Å². The van der Waals surface area contributed by atoms with Gasteiger partial charge in [0.2, 0.25) is 0 Å². The summed E-state index contributed by atoms with van der Waals surface area (Å²) >= 11 is 11.3. The van der Waals surface area contributed by atoms with Crippen LogP contribution >= 0.6 is 23.8 Å². The lowest BCUT2D eigenvalue weighted by molar-refractivity contribution is 0.388. The highest BCUT2D eigenvalue weighted by Gasteiger charge is 2.04. The zero-order valence-corrected chi connectivity index (χ0v) is 12.3. The van der Waals surface area contributed by atoms with Gasteiger partial charge in [-0.1, -0.05) is 11.6 Å². The molecule has 1 N–H and O–H groups in total. The number of aromatic nitrogens is 2. The summed E-state index contributed by atoms with van der Waals surface area (Å²) in [6.07, 6.45) is 2.30. The van der Waals surface area contributed by atoms with Crippen LogP contribution in [0.25, 0.3) is 11.0 Å². The van der Waals surface area contributed by atoms with Crippen LogP contribution < -0.4 is 0 Å². The summed E-state index contributed by atoms with van der Waals surface area (Å²) in [7, 11) is 4.19. The first-order valence-electron chi connectivity index (χ1n) is 6.11. The van der Waals surface area contributed by atoms with Crippen LogP contribution in [0.1, 0.15) is 12.8 Å². The Labute approximate surface area is 117 Å². The molecule has 0 amide bonds. The van der Waals surface area contributed by atoms with Gasteiger partial charge in [0.15, 0.2) is 4.77 Å². The molecule has 1 aromatic heterocycles. The fourth-order valence-electron chi connectivity index (χ4n) is 2.06. The highest BCUT2D eigenvalue weighted by atomic mass is 35.5. The number of aromatic amines is 1. The first-order chi connectivity index (χ1) is 8.58. The number of imidazole rings is 1. The molecule has 0 bridgehead atoms. The molecule has 0 fully saturated rings. The maximum atomic E-state index is 5.97.